The number of halogens is 1. The van der Waals surface area contributed by atoms with Gasteiger partial charge in [-0.15, -0.1) is 0 Å². The van der Waals surface area contributed by atoms with E-state index in [9.17, 15) is 0 Å². The van der Waals surface area contributed by atoms with Crippen LogP contribution in [0.3, 0.4) is 0 Å². The van der Waals surface area contributed by atoms with Crippen molar-refractivity contribution in [2.45, 2.75) is 32.7 Å². The SMILES string of the molecule is CC(C)CN(c1ncc(Br)cn1)C1CC1. The highest BCUT2D eigenvalue weighted by molar-refractivity contribution is 9.10. The van der Waals surface area contributed by atoms with E-state index in [0.717, 1.165) is 17.0 Å². The van der Waals surface area contributed by atoms with E-state index >= 15 is 0 Å². The number of rotatable bonds is 4. The van der Waals surface area contributed by atoms with Crippen LogP contribution in [-0.2, 0) is 0 Å². The summed E-state index contributed by atoms with van der Waals surface area (Å²) in [6.07, 6.45) is 6.20. The van der Waals surface area contributed by atoms with Gasteiger partial charge < -0.3 is 4.90 Å². The molecule has 0 atom stereocenters. The monoisotopic (exact) mass is 269 g/mol. The van der Waals surface area contributed by atoms with Crippen LogP contribution in [0.5, 0.6) is 0 Å². The predicted octanol–water partition coefficient (Wildman–Crippen LogP) is 2.86. The Balaban J connectivity index is 2.13. The zero-order valence-electron chi connectivity index (χ0n) is 9.15. The molecule has 0 aromatic carbocycles. The molecule has 3 nitrogen and oxygen atoms in total. The maximum Gasteiger partial charge on any atom is 0.225 e. The van der Waals surface area contributed by atoms with Crippen LogP contribution in [0.1, 0.15) is 26.7 Å². The van der Waals surface area contributed by atoms with Crippen LogP contribution >= 0.6 is 15.9 Å². The Bertz CT molecular complexity index is 319. The van der Waals surface area contributed by atoms with Crippen molar-refractivity contribution >= 4 is 21.9 Å². The van der Waals surface area contributed by atoms with Crippen molar-refractivity contribution in [3.63, 3.8) is 0 Å². The van der Waals surface area contributed by atoms with Crippen LogP contribution in [0.2, 0.25) is 0 Å². The zero-order valence-corrected chi connectivity index (χ0v) is 10.7. The first-order valence-corrected chi connectivity index (χ1v) is 6.20. The molecule has 2 rings (SSSR count). The van der Waals surface area contributed by atoms with Crippen LogP contribution in [0, 0.1) is 5.92 Å². The van der Waals surface area contributed by atoms with Crippen molar-refractivity contribution in [3.05, 3.63) is 16.9 Å². The molecule has 0 saturated heterocycles. The molecular weight excluding hydrogens is 254 g/mol. The maximum absolute atomic E-state index is 4.36. The Hall–Kier alpha value is -0.640. The van der Waals surface area contributed by atoms with E-state index in [1.807, 2.05) is 12.4 Å². The quantitative estimate of drug-likeness (QED) is 0.842. The lowest BCUT2D eigenvalue weighted by atomic mass is 10.2. The van der Waals surface area contributed by atoms with Gasteiger partial charge in [-0.25, -0.2) is 9.97 Å². The van der Waals surface area contributed by atoms with Gasteiger partial charge >= 0.3 is 0 Å². The lowest BCUT2D eigenvalue weighted by Gasteiger charge is -2.24. The molecule has 1 heterocycles. The van der Waals surface area contributed by atoms with E-state index in [4.69, 9.17) is 0 Å². The first kappa shape index (κ1) is 10.9. The third-order valence-electron chi connectivity index (χ3n) is 2.41. The first-order valence-electron chi connectivity index (χ1n) is 5.41. The standard InChI is InChI=1S/C11H16BrN3/c1-8(2)7-15(10-3-4-10)11-13-5-9(12)6-14-11/h5-6,8,10H,3-4,7H2,1-2H3. The smallest absolute Gasteiger partial charge is 0.225 e. The van der Waals surface area contributed by atoms with Gasteiger partial charge in [-0.3, -0.25) is 0 Å². The number of anilines is 1. The van der Waals surface area contributed by atoms with Crippen LogP contribution in [0.25, 0.3) is 0 Å². The third kappa shape index (κ3) is 2.91. The molecule has 1 aliphatic rings. The minimum absolute atomic E-state index is 0.651. The van der Waals surface area contributed by atoms with Crippen LogP contribution in [-0.4, -0.2) is 22.6 Å². The van der Waals surface area contributed by atoms with Crippen molar-refractivity contribution in [2.24, 2.45) is 5.92 Å². The fourth-order valence-corrected chi connectivity index (χ4v) is 1.83. The zero-order chi connectivity index (χ0) is 10.8. The summed E-state index contributed by atoms with van der Waals surface area (Å²) in [6, 6.07) is 0.675. The molecule has 0 spiro atoms. The van der Waals surface area contributed by atoms with Crippen LogP contribution < -0.4 is 4.90 Å². The molecule has 0 amide bonds. The summed E-state index contributed by atoms with van der Waals surface area (Å²) in [4.78, 5) is 11.1. The fraction of sp³-hybridized carbons (Fsp3) is 0.636. The Kier molecular flexibility index (Phi) is 3.24. The molecule has 1 aliphatic carbocycles. The Morgan fingerprint density at radius 2 is 2.00 bits per heavy atom. The molecular formula is C11H16BrN3. The van der Waals surface area contributed by atoms with Gasteiger partial charge in [0, 0.05) is 25.0 Å². The Labute approximate surface area is 99.0 Å². The van der Waals surface area contributed by atoms with Gasteiger partial charge in [0.15, 0.2) is 0 Å². The van der Waals surface area contributed by atoms with Crippen LogP contribution in [0.4, 0.5) is 5.95 Å². The molecule has 1 saturated carbocycles. The molecule has 4 heteroatoms. The molecule has 82 valence electrons. The summed E-state index contributed by atoms with van der Waals surface area (Å²) in [5, 5.41) is 0. The summed E-state index contributed by atoms with van der Waals surface area (Å²) >= 11 is 3.35. The normalized spacial score (nSPS) is 15.7. The van der Waals surface area contributed by atoms with Crippen molar-refractivity contribution < 1.29 is 0 Å². The minimum Gasteiger partial charge on any atom is -0.338 e. The van der Waals surface area contributed by atoms with Gasteiger partial charge in [-0.1, -0.05) is 13.8 Å². The number of hydrogen-bond acceptors (Lipinski definition) is 3. The lowest BCUT2D eigenvalue weighted by Crippen LogP contribution is -2.31. The second-order valence-corrected chi connectivity index (χ2v) is 5.39. The number of hydrogen-bond donors (Lipinski definition) is 0. The summed E-state index contributed by atoms with van der Waals surface area (Å²) in [6.45, 7) is 5.51. The molecule has 1 aromatic heterocycles. The van der Waals surface area contributed by atoms with E-state index < -0.39 is 0 Å². The van der Waals surface area contributed by atoms with E-state index in [1.54, 1.807) is 0 Å². The summed E-state index contributed by atoms with van der Waals surface area (Å²) < 4.78 is 0.937. The second kappa shape index (κ2) is 4.47. The first-order chi connectivity index (χ1) is 7.16. The largest absolute Gasteiger partial charge is 0.338 e. The number of nitrogens with zero attached hydrogens (tertiary/aromatic N) is 3. The predicted molar refractivity (Wildman–Crippen MR) is 64.9 cm³/mol. The van der Waals surface area contributed by atoms with Gasteiger partial charge in [-0.2, -0.15) is 0 Å². The Morgan fingerprint density at radius 3 is 2.47 bits per heavy atom. The summed E-state index contributed by atoms with van der Waals surface area (Å²) in [5.41, 5.74) is 0. The highest BCUT2D eigenvalue weighted by atomic mass is 79.9. The molecule has 1 aromatic rings. The van der Waals surface area contributed by atoms with Crippen molar-refractivity contribution in [3.8, 4) is 0 Å². The number of aromatic nitrogens is 2. The highest BCUT2D eigenvalue weighted by Crippen LogP contribution is 2.30. The van der Waals surface area contributed by atoms with Gasteiger partial charge in [-0.05, 0) is 34.7 Å². The van der Waals surface area contributed by atoms with Gasteiger partial charge in [0.2, 0.25) is 5.95 Å². The van der Waals surface area contributed by atoms with Gasteiger partial charge in [0.1, 0.15) is 0 Å². The molecule has 0 N–H and O–H groups in total. The van der Waals surface area contributed by atoms with Crippen molar-refractivity contribution in [2.75, 3.05) is 11.4 Å². The van der Waals surface area contributed by atoms with E-state index in [-0.39, 0.29) is 0 Å². The average molecular weight is 270 g/mol. The molecule has 0 aliphatic heterocycles. The summed E-state index contributed by atoms with van der Waals surface area (Å²) in [7, 11) is 0. The highest BCUT2D eigenvalue weighted by Gasteiger charge is 2.30. The fourth-order valence-electron chi connectivity index (χ4n) is 1.63. The minimum atomic E-state index is 0.651. The second-order valence-electron chi connectivity index (χ2n) is 4.48. The third-order valence-corrected chi connectivity index (χ3v) is 2.82. The summed E-state index contributed by atoms with van der Waals surface area (Å²) in [5.74, 6) is 1.52. The molecule has 0 radical (unpaired) electrons. The van der Waals surface area contributed by atoms with E-state index in [1.165, 1.54) is 12.8 Å². The van der Waals surface area contributed by atoms with Crippen molar-refractivity contribution in [1.29, 1.82) is 0 Å². The maximum atomic E-state index is 4.36. The van der Waals surface area contributed by atoms with Gasteiger partial charge in [0.05, 0.1) is 4.47 Å². The molecule has 0 bridgehead atoms. The molecule has 1 fully saturated rings. The molecule has 0 unspecified atom stereocenters. The van der Waals surface area contributed by atoms with Gasteiger partial charge in [0.25, 0.3) is 0 Å². The average Bonchev–Trinajstić information content (AvgIpc) is 2.99. The van der Waals surface area contributed by atoms with Crippen molar-refractivity contribution in [1.82, 2.24) is 9.97 Å². The van der Waals surface area contributed by atoms with E-state index in [0.29, 0.717) is 12.0 Å². The molecule has 15 heavy (non-hydrogen) atoms. The topological polar surface area (TPSA) is 29.0 Å². The van der Waals surface area contributed by atoms with E-state index in [2.05, 4.69) is 44.6 Å². The Morgan fingerprint density at radius 1 is 1.40 bits per heavy atom. The lowest BCUT2D eigenvalue weighted by molar-refractivity contribution is 0.597. The van der Waals surface area contributed by atoms with Crippen LogP contribution in [0.15, 0.2) is 16.9 Å².